The number of H-pyrrole nitrogens is 1. The highest BCUT2D eigenvalue weighted by Gasteiger charge is 2.25. The van der Waals surface area contributed by atoms with Crippen molar-refractivity contribution in [3.05, 3.63) is 71.4 Å². The Hall–Kier alpha value is -3.75. The lowest BCUT2D eigenvalue weighted by Gasteiger charge is -2.37. The summed E-state index contributed by atoms with van der Waals surface area (Å²) in [5, 5.41) is 11.0. The second kappa shape index (κ2) is 7.25. The number of benzene rings is 2. The summed E-state index contributed by atoms with van der Waals surface area (Å²) in [4.78, 5) is 10.6. The molecule has 30 heavy (non-hydrogen) atoms. The summed E-state index contributed by atoms with van der Waals surface area (Å²) in [5.74, 6) is -0.915. The van der Waals surface area contributed by atoms with Crippen LogP contribution < -0.4 is 16.0 Å². The van der Waals surface area contributed by atoms with E-state index in [9.17, 15) is 8.78 Å². The van der Waals surface area contributed by atoms with Crippen LogP contribution in [-0.4, -0.2) is 32.8 Å². The van der Waals surface area contributed by atoms with Gasteiger partial charge in [-0.05, 0) is 35.7 Å². The van der Waals surface area contributed by atoms with E-state index in [4.69, 9.17) is 5.73 Å². The quantitative estimate of drug-likeness (QED) is 0.481. The van der Waals surface area contributed by atoms with Crippen LogP contribution >= 0.6 is 0 Å². The van der Waals surface area contributed by atoms with Crippen molar-refractivity contribution in [1.29, 1.82) is 0 Å². The van der Waals surface area contributed by atoms with Crippen LogP contribution in [0, 0.1) is 11.6 Å². The van der Waals surface area contributed by atoms with Crippen LogP contribution in [0.25, 0.3) is 11.0 Å². The molecule has 7 nitrogen and oxygen atoms in total. The minimum Gasteiger partial charge on any atom is -0.368 e. The summed E-state index contributed by atoms with van der Waals surface area (Å²) in [5.41, 5.74) is 9.35. The van der Waals surface area contributed by atoms with Gasteiger partial charge in [0.1, 0.15) is 5.82 Å². The first-order chi connectivity index (χ1) is 14.6. The van der Waals surface area contributed by atoms with Crippen LogP contribution in [0.4, 0.5) is 26.2 Å². The summed E-state index contributed by atoms with van der Waals surface area (Å²) in [6, 6.07) is 12.1. The zero-order valence-corrected chi connectivity index (χ0v) is 15.9. The average Bonchev–Trinajstić information content (AvgIpc) is 3.19. The Morgan fingerprint density at radius 3 is 2.87 bits per heavy atom. The number of aromatic nitrogens is 4. The van der Waals surface area contributed by atoms with E-state index in [2.05, 4.69) is 36.4 Å². The van der Waals surface area contributed by atoms with Gasteiger partial charge in [-0.3, -0.25) is 5.10 Å². The van der Waals surface area contributed by atoms with E-state index < -0.39 is 11.6 Å². The van der Waals surface area contributed by atoms with Gasteiger partial charge in [0.2, 0.25) is 5.95 Å². The van der Waals surface area contributed by atoms with Gasteiger partial charge in [0.25, 0.3) is 0 Å². The Morgan fingerprint density at radius 2 is 2.00 bits per heavy atom. The fourth-order valence-electron chi connectivity index (χ4n) is 3.95. The van der Waals surface area contributed by atoms with Gasteiger partial charge in [-0.1, -0.05) is 24.3 Å². The minimum atomic E-state index is -0.845. The first-order valence-corrected chi connectivity index (χ1v) is 9.57. The first-order valence-electron chi connectivity index (χ1n) is 9.57. The summed E-state index contributed by atoms with van der Waals surface area (Å²) < 4.78 is 27.0. The largest absolute Gasteiger partial charge is 0.368 e. The van der Waals surface area contributed by atoms with Crippen LogP contribution in [0.5, 0.6) is 0 Å². The van der Waals surface area contributed by atoms with E-state index in [-0.39, 0.29) is 12.0 Å². The smallest absolute Gasteiger partial charge is 0.224 e. The molecule has 3 heterocycles. The number of anilines is 3. The Labute approximate surface area is 170 Å². The molecule has 0 spiro atoms. The first kappa shape index (κ1) is 18.3. The highest BCUT2D eigenvalue weighted by molar-refractivity contribution is 5.87. The molecule has 9 heteroatoms. The van der Waals surface area contributed by atoms with Crippen LogP contribution in [0.2, 0.25) is 0 Å². The van der Waals surface area contributed by atoms with E-state index >= 15 is 0 Å². The predicted octanol–water partition coefficient (Wildman–Crippen LogP) is 3.26. The van der Waals surface area contributed by atoms with Crippen molar-refractivity contribution in [2.75, 3.05) is 22.5 Å². The van der Waals surface area contributed by atoms with Crippen LogP contribution in [0.15, 0.2) is 48.7 Å². The van der Waals surface area contributed by atoms with Crippen molar-refractivity contribution in [1.82, 2.24) is 20.2 Å². The Morgan fingerprint density at radius 1 is 1.13 bits per heavy atom. The van der Waals surface area contributed by atoms with E-state index in [1.165, 1.54) is 6.07 Å². The monoisotopic (exact) mass is 407 g/mol. The van der Waals surface area contributed by atoms with Gasteiger partial charge in [-0.25, -0.2) is 8.78 Å². The maximum atomic E-state index is 13.7. The molecule has 0 fully saturated rings. The highest BCUT2D eigenvalue weighted by atomic mass is 19.2. The molecule has 0 saturated heterocycles. The second-order valence-electron chi connectivity index (χ2n) is 7.37. The molecule has 1 aliphatic heterocycles. The number of nitrogens with one attached hydrogen (secondary N) is 2. The zero-order valence-electron chi connectivity index (χ0n) is 15.9. The van der Waals surface area contributed by atoms with Gasteiger partial charge in [0.05, 0.1) is 11.6 Å². The fraction of sp³-hybridized carbons (Fsp3) is 0.190. The number of halogens is 2. The molecule has 0 bridgehead atoms. The van der Waals surface area contributed by atoms with Gasteiger partial charge in [0, 0.05) is 24.8 Å². The number of hydrogen-bond donors (Lipinski definition) is 3. The summed E-state index contributed by atoms with van der Waals surface area (Å²) in [6.45, 7) is 1.11. The number of nitrogen functional groups attached to an aromatic ring is 1. The van der Waals surface area contributed by atoms with E-state index in [0.29, 0.717) is 30.1 Å². The lowest BCUT2D eigenvalue weighted by molar-refractivity contribution is 0.506. The molecule has 1 unspecified atom stereocenters. The third-order valence-electron chi connectivity index (χ3n) is 5.26. The second-order valence-corrected chi connectivity index (χ2v) is 7.37. The fourth-order valence-corrected chi connectivity index (χ4v) is 3.95. The van der Waals surface area contributed by atoms with Gasteiger partial charge in [-0.15, -0.1) is 0 Å². The third kappa shape index (κ3) is 3.38. The number of fused-ring (bicyclic) bond motifs is 2. The lowest BCUT2D eigenvalue weighted by atomic mass is 9.97. The number of nitrogens with zero attached hydrogens (tertiary/aromatic N) is 4. The molecule has 152 valence electrons. The van der Waals surface area contributed by atoms with Crippen molar-refractivity contribution in [3.63, 3.8) is 0 Å². The molecule has 0 amide bonds. The van der Waals surface area contributed by atoms with Crippen molar-refractivity contribution in [2.45, 2.75) is 19.0 Å². The molecule has 1 aliphatic rings. The number of aromatic amines is 1. The predicted molar refractivity (Wildman–Crippen MR) is 111 cm³/mol. The zero-order chi connectivity index (χ0) is 20.7. The van der Waals surface area contributed by atoms with Crippen molar-refractivity contribution < 1.29 is 8.78 Å². The average molecular weight is 407 g/mol. The minimum absolute atomic E-state index is 0.0256. The topological polar surface area (TPSA) is 95.7 Å². The number of rotatable bonds is 4. The molecule has 2 aromatic heterocycles. The summed E-state index contributed by atoms with van der Waals surface area (Å²) in [6.07, 6.45) is 2.45. The van der Waals surface area contributed by atoms with Gasteiger partial charge >= 0.3 is 0 Å². The van der Waals surface area contributed by atoms with Gasteiger partial charge < -0.3 is 16.0 Å². The maximum absolute atomic E-state index is 13.7. The molecule has 4 N–H and O–H groups in total. The van der Waals surface area contributed by atoms with E-state index in [1.807, 2.05) is 18.2 Å². The lowest BCUT2D eigenvalue weighted by Crippen LogP contribution is -2.42. The molecule has 0 saturated carbocycles. The molecule has 0 radical (unpaired) electrons. The van der Waals surface area contributed by atoms with Crippen molar-refractivity contribution >= 4 is 28.5 Å². The maximum Gasteiger partial charge on any atom is 0.224 e. The molecule has 4 aromatic rings. The SMILES string of the molecule is Nc1nc(NC2Cc3ccccc3N(Cc3ccc(F)c(F)c3)C2)c2cn[nH]c2n1. The molecule has 0 aliphatic carbocycles. The molecule has 2 aromatic carbocycles. The van der Waals surface area contributed by atoms with Crippen LogP contribution in [0.1, 0.15) is 11.1 Å². The van der Waals surface area contributed by atoms with Gasteiger partial charge in [0.15, 0.2) is 17.3 Å². The molecular formula is C21H19F2N7. The van der Waals surface area contributed by atoms with Gasteiger partial charge in [-0.2, -0.15) is 15.1 Å². The number of hydrogen-bond acceptors (Lipinski definition) is 6. The standard InChI is InChI=1S/C21H19F2N7/c22-16-6-5-12(7-17(16)23)10-30-11-14(8-13-3-1-2-4-18(13)30)26-19-15-9-25-29-20(15)28-21(24)27-19/h1-7,9,14H,8,10-11H2,(H4,24,25,26,27,28,29). The van der Waals surface area contributed by atoms with Crippen LogP contribution in [0.3, 0.4) is 0 Å². The highest BCUT2D eigenvalue weighted by Crippen LogP contribution is 2.30. The molecule has 1 atom stereocenters. The third-order valence-corrected chi connectivity index (χ3v) is 5.26. The Balaban J connectivity index is 1.45. The Bertz CT molecular complexity index is 1220. The molecular weight excluding hydrogens is 388 g/mol. The van der Waals surface area contributed by atoms with Crippen molar-refractivity contribution in [2.24, 2.45) is 0 Å². The normalized spacial score (nSPS) is 15.9. The molecule has 5 rings (SSSR count). The van der Waals surface area contributed by atoms with E-state index in [0.717, 1.165) is 29.1 Å². The number of nitrogens with two attached hydrogens (primary N) is 1. The number of para-hydroxylation sites is 1. The Kier molecular flexibility index (Phi) is 4.42. The summed E-state index contributed by atoms with van der Waals surface area (Å²) in [7, 11) is 0. The van der Waals surface area contributed by atoms with E-state index in [1.54, 1.807) is 12.3 Å². The van der Waals surface area contributed by atoms with Crippen molar-refractivity contribution in [3.8, 4) is 0 Å². The summed E-state index contributed by atoms with van der Waals surface area (Å²) >= 11 is 0. The van der Waals surface area contributed by atoms with Crippen LogP contribution in [-0.2, 0) is 13.0 Å².